The lowest BCUT2D eigenvalue weighted by Crippen LogP contribution is -2.35. The Morgan fingerprint density at radius 1 is 1.30 bits per heavy atom. The van der Waals surface area contributed by atoms with Crippen LogP contribution in [0.4, 0.5) is 5.69 Å². The van der Waals surface area contributed by atoms with Crippen LogP contribution in [0.2, 0.25) is 0 Å². The van der Waals surface area contributed by atoms with Gasteiger partial charge >= 0.3 is 5.97 Å². The third-order valence-electron chi connectivity index (χ3n) is 2.64. The van der Waals surface area contributed by atoms with Crippen molar-refractivity contribution in [1.82, 2.24) is 0 Å². The molecular weight excluding hydrogens is 260 g/mol. The Kier molecular flexibility index (Phi) is 6.52. The second kappa shape index (κ2) is 8.16. The number of rotatable bonds is 7. The summed E-state index contributed by atoms with van der Waals surface area (Å²) in [5, 5.41) is 2.72. The first-order valence-corrected chi connectivity index (χ1v) is 6.43. The quantitative estimate of drug-likeness (QED) is 0.735. The normalized spacial score (nSPS) is 11.6. The number of nitrogens with two attached hydrogens (primary N) is 1. The van der Waals surface area contributed by atoms with Gasteiger partial charge in [0.25, 0.3) is 0 Å². The average Bonchev–Trinajstić information content (AvgIpc) is 2.46. The number of carbonyl (C=O) groups excluding carboxylic acids is 2. The minimum Gasteiger partial charge on any atom is -0.482 e. The van der Waals surface area contributed by atoms with Gasteiger partial charge in [-0.3, -0.25) is 4.79 Å². The van der Waals surface area contributed by atoms with Gasteiger partial charge < -0.3 is 20.5 Å². The van der Waals surface area contributed by atoms with Crippen LogP contribution >= 0.6 is 0 Å². The monoisotopic (exact) mass is 280 g/mol. The van der Waals surface area contributed by atoms with Crippen molar-refractivity contribution < 1.29 is 19.1 Å². The smallest absolute Gasteiger partial charge is 0.343 e. The van der Waals surface area contributed by atoms with E-state index in [0.717, 1.165) is 6.42 Å². The lowest BCUT2D eigenvalue weighted by Gasteiger charge is -2.11. The first kappa shape index (κ1) is 16.0. The van der Waals surface area contributed by atoms with Crippen LogP contribution in [0.3, 0.4) is 0 Å². The SMILES string of the molecule is CCCC(N)C(=O)Nc1ccc(OCC(=O)OC)cc1. The van der Waals surface area contributed by atoms with Crippen LogP contribution in [-0.2, 0) is 14.3 Å². The summed E-state index contributed by atoms with van der Waals surface area (Å²) in [6.07, 6.45) is 1.50. The molecule has 1 atom stereocenters. The molecule has 6 nitrogen and oxygen atoms in total. The van der Waals surface area contributed by atoms with Crippen molar-refractivity contribution in [3.05, 3.63) is 24.3 Å². The van der Waals surface area contributed by atoms with E-state index in [0.29, 0.717) is 17.9 Å². The number of hydrogen-bond acceptors (Lipinski definition) is 5. The molecule has 1 amide bonds. The van der Waals surface area contributed by atoms with E-state index >= 15 is 0 Å². The van der Waals surface area contributed by atoms with Crippen molar-refractivity contribution in [3.8, 4) is 5.75 Å². The largest absolute Gasteiger partial charge is 0.482 e. The molecule has 0 aliphatic carbocycles. The molecule has 0 radical (unpaired) electrons. The van der Waals surface area contributed by atoms with Crippen LogP contribution in [0.1, 0.15) is 19.8 Å². The van der Waals surface area contributed by atoms with Crippen LogP contribution in [0.15, 0.2) is 24.3 Å². The Morgan fingerprint density at radius 3 is 2.50 bits per heavy atom. The maximum absolute atomic E-state index is 11.7. The Bertz CT molecular complexity index is 445. The number of hydrogen-bond donors (Lipinski definition) is 2. The van der Waals surface area contributed by atoms with Gasteiger partial charge in [0.05, 0.1) is 13.2 Å². The summed E-state index contributed by atoms with van der Waals surface area (Å²) in [5.41, 5.74) is 6.35. The zero-order chi connectivity index (χ0) is 15.0. The number of amides is 1. The zero-order valence-corrected chi connectivity index (χ0v) is 11.7. The maximum atomic E-state index is 11.7. The van der Waals surface area contributed by atoms with E-state index < -0.39 is 12.0 Å². The fourth-order valence-corrected chi connectivity index (χ4v) is 1.51. The van der Waals surface area contributed by atoms with Crippen molar-refractivity contribution in [3.63, 3.8) is 0 Å². The van der Waals surface area contributed by atoms with E-state index in [4.69, 9.17) is 10.5 Å². The minimum absolute atomic E-state index is 0.149. The molecule has 1 unspecified atom stereocenters. The van der Waals surface area contributed by atoms with Crippen LogP contribution in [0, 0.1) is 0 Å². The molecule has 20 heavy (non-hydrogen) atoms. The Labute approximate surface area is 118 Å². The summed E-state index contributed by atoms with van der Waals surface area (Å²) in [4.78, 5) is 22.6. The van der Waals surface area contributed by atoms with Crippen molar-refractivity contribution >= 4 is 17.6 Å². The van der Waals surface area contributed by atoms with Crippen molar-refractivity contribution in [1.29, 1.82) is 0 Å². The topological polar surface area (TPSA) is 90.7 Å². The second-order valence-corrected chi connectivity index (χ2v) is 4.27. The van der Waals surface area contributed by atoms with Gasteiger partial charge in [-0.05, 0) is 30.7 Å². The predicted octanol–water partition coefficient (Wildman–Crippen LogP) is 1.30. The molecule has 0 saturated heterocycles. The second-order valence-electron chi connectivity index (χ2n) is 4.27. The molecule has 0 saturated carbocycles. The molecule has 0 aliphatic rings. The third kappa shape index (κ3) is 5.27. The van der Waals surface area contributed by atoms with Gasteiger partial charge in [0.15, 0.2) is 6.61 Å². The molecular formula is C14H20N2O4. The molecule has 0 heterocycles. The molecule has 1 aromatic carbocycles. The number of carbonyl (C=O) groups is 2. The first-order chi connectivity index (χ1) is 9.56. The van der Waals surface area contributed by atoms with Gasteiger partial charge in [-0.25, -0.2) is 4.79 Å². The highest BCUT2D eigenvalue weighted by Crippen LogP contribution is 2.16. The number of esters is 1. The van der Waals surface area contributed by atoms with E-state index in [9.17, 15) is 9.59 Å². The molecule has 1 rings (SSSR count). The molecule has 6 heteroatoms. The molecule has 1 aromatic rings. The summed E-state index contributed by atoms with van der Waals surface area (Å²) < 4.78 is 9.66. The number of methoxy groups -OCH3 is 1. The number of ether oxygens (including phenoxy) is 2. The molecule has 110 valence electrons. The first-order valence-electron chi connectivity index (χ1n) is 6.43. The molecule has 0 fully saturated rings. The van der Waals surface area contributed by atoms with Crippen molar-refractivity contribution in [2.75, 3.05) is 19.0 Å². The number of benzene rings is 1. The summed E-state index contributed by atoms with van der Waals surface area (Å²) in [7, 11) is 1.30. The van der Waals surface area contributed by atoms with Crippen molar-refractivity contribution in [2.45, 2.75) is 25.8 Å². The van der Waals surface area contributed by atoms with Gasteiger partial charge in [-0.1, -0.05) is 13.3 Å². The van der Waals surface area contributed by atoms with Gasteiger partial charge in [0, 0.05) is 5.69 Å². The van der Waals surface area contributed by atoms with E-state index in [1.165, 1.54) is 7.11 Å². The van der Waals surface area contributed by atoms with Crippen molar-refractivity contribution in [2.24, 2.45) is 5.73 Å². The van der Waals surface area contributed by atoms with Crippen LogP contribution in [0.5, 0.6) is 5.75 Å². The molecule has 0 aliphatic heterocycles. The number of anilines is 1. The Hall–Kier alpha value is -2.08. The molecule has 0 spiro atoms. The Morgan fingerprint density at radius 2 is 1.95 bits per heavy atom. The fraction of sp³-hybridized carbons (Fsp3) is 0.429. The Balaban J connectivity index is 2.50. The zero-order valence-electron chi connectivity index (χ0n) is 11.7. The summed E-state index contributed by atoms with van der Waals surface area (Å²) >= 11 is 0. The van der Waals surface area contributed by atoms with Gasteiger partial charge in [0.2, 0.25) is 5.91 Å². The minimum atomic E-state index is -0.504. The number of nitrogens with one attached hydrogen (secondary N) is 1. The summed E-state index contributed by atoms with van der Waals surface area (Å²) in [5.74, 6) is -0.144. The van der Waals surface area contributed by atoms with Crippen LogP contribution in [0.25, 0.3) is 0 Å². The lowest BCUT2D eigenvalue weighted by atomic mass is 10.1. The predicted molar refractivity (Wildman–Crippen MR) is 75.5 cm³/mol. The molecule has 0 bridgehead atoms. The third-order valence-corrected chi connectivity index (χ3v) is 2.64. The van der Waals surface area contributed by atoms with Gasteiger partial charge in [-0.15, -0.1) is 0 Å². The highest BCUT2D eigenvalue weighted by Gasteiger charge is 2.12. The van der Waals surface area contributed by atoms with E-state index in [1.54, 1.807) is 24.3 Å². The highest BCUT2D eigenvalue weighted by molar-refractivity contribution is 5.94. The highest BCUT2D eigenvalue weighted by atomic mass is 16.6. The fourth-order valence-electron chi connectivity index (χ4n) is 1.51. The summed E-state index contributed by atoms with van der Waals surface area (Å²) in [6, 6.07) is 6.18. The molecule has 0 aromatic heterocycles. The maximum Gasteiger partial charge on any atom is 0.343 e. The van der Waals surface area contributed by atoms with E-state index in [-0.39, 0.29) is 12.5 Å². The standard InChI is InChI=1S/C14H20N2O4/c1-3-4-12(15)14(18)16-10-5-7-11(8-6-10)20-9-13(17)19-2/h5-8,12H,3-4,9,15H2,1-2H3,(H,16,18). The lowest BCUT2D eigenvalue weighted by molar-refractivity contribution is -0.142. The van der Waals surface area contributed by atoms with Crippen LogP contribution < -0.4 is 15.8 Å². The van der Waals surface area contributed by atoms with Gasteiger partial charge in [0.1, 0.15) is 5.75 Å². The van der Waals surface area contributed by atoms with E-state index in [1.807, 2.05) is 6.92 Å². The van der Waals surface area contributed by atoms with Gasteiger partial charge in [-0.2, -0.15) is 0 Å². The molecule has 3 N–H and O–H groups in total. The van der Waals surface area contributed by atoms with Crippen LogP contribution in [-0.4, -0.2) is 31.6 Å². The summed E-state index contributed by atoms with van der Waals surface area (Å²) in [6.45, 7) is 1.82. The van der Waals surface area contributed by atoms with E-state index in [2.05, 4.69) is 10.1 Å². The average molecular weight is 280 g/mol.